The standard InChI is InChI=1S/C14H29N3O2.ClH/c1-4-7-8-12(11-15)16-13(18)9-10-14(19)17(5-2)6-3;/h12H,4-11,15H2,1-3H3,(H,16,18);1H. The van der Waals surface area contributed by atoms with Gasteiger partial charge in [0.05, 0.1) is 0 Å². The minimum atomic E-state index is -0.0768. The van der Waals surface area contributed by atoms with E-state index in [4.69, 9.17) is 5.73 Å². The molecule has 0 rings (SSSR count). The summed E-state index contributed by atoms with van der Waals surface area (Å²) in [6.07, 6.45) is 3.58. The lowest BCUT2D eigenvalue weighted by Gasteiger charge is -2.19. The van der Waals surface area contributed by atoms with Crippen molar-refractivity contribution in [2.75, 3.05) is 19.6 Å². The highest BCUT2D eigenvalue weighted by Gasteiger charge is 2.14. The third kappa shape index (κ3) is 9.15. The number of nitrogens with two attached hydrogens (primary N) is 1. The molecular weight excluding hydrogens is 278 g/mol. The summed E-state index contributed by atoms with van der Waals surface area (Å²) in [5.41, 5.74) is 5.62. The molecule has 1 atom stereocenters. The predicted molar refractivity (Wildman–Crippen MR) is 84.9 cm³/mol. The normalized spacial score (nSPS) is 11.4. The zero-order chi connectivity index (χ0) is 14.7. The Kier molecular flexibility index (Phi) is 14.2. The molecule has 0 saturated carbocycles. The van der Waals surface area contributed by atoms with E-state index in [0.717, 1.165) is 19.3 Å². The lowest BCUT2D eigenvalue weighted by molar-refractivity contribution is -0.133. The van der Waals surface area contributed by atoms with Crippen LogP contribution in [0.15, 0.2) is 0 Å². The van der Waals surface area contributed by atoms with Gasteiger partial charge in [0.1, 0.15) is 0 Å². The van der Waals surface area contributed by atoms with Gasteiger partial charge in [-0.3, -0.25) is 9.59 Å². The van der Waals surface area contributed by atoms with E-state index < -0.39 is 0 Å². The van der Waals surface area contributed by atoms with E-state index in [1.54, 1.807) is 4.90 Å². The first kappa shape index (κ1) is 21.5. The zero-order valence-corrected chi connectivity index (χ0v) is 13.8. The molecule has 0 spiro atoms. The maximum absolute atomic E-state index is 11.8. The SMILES string of the molecule is CCCCC(CN)NC(=O)CCC(=O)N(CC)CC.Cl. The molecule has 0 saturated heterocycles. The second-order valence-corrected chi connectivity index (χ2v) is 4.71. The van der Waals surface area contributed by atoms with Crippen molar-refractivity contribution in [1.29, 1.82) is 0 Å². The minimum Gasteiger partial charge on any atom is -0.352 e. The molecule has 3 N–H and O–H groups in total. The van der Waals surface area contributed by atoms with E-state index in [-0.39, 0.29) is 43.1 Å². The summed E-state index contributed by atoms with van der Waals surface area (Å²) < 4.78 is 0. The monoisotopic (exact) mass is 307 g/mol. The summed E-state index contributed by atoms with van der Waals surface area (Å²) in [4.78, 5) is 25.2. The van der Waals surface area contributed by atoms with Gasteiger partial charge in [-0.05, 0) is 20.3 Å². The first-order chi connectivity index (χ1) is 9.08. The molecule has 0 aromatic carbocycles. The first-order valence-corrected chi connectivity index (χ1v) is 7.36. The highest BCUT2D eigenvalue weighted by molar-refractivity contribution is 5.85. The van der Waals surface area contributed by atoms with Crippen molar-refractivity contribution in [3.63, 3.8) is 0 Å². The molecule has 0 fully saturated rings. The molecule has 0 aromatic rings. The van der Waals surface area contributed by atoms with Gasteiger partial charge in [-0.15, -0.1) is 12.4 Å². The molecule has 5 nitrogen and oxygen atoms in total. The van der Waals surface area contributed by atoms with Gasteiger partial charge < -0.3 is 16.0 Å². The van der Waals surface area contributed by atoms with Crippen LogP contribution in [0.2, 0.25) is 0 Å². The average Bonchev–Trinajstić information content (AvgIpc) is 2.42. The fraction of sp³-hybridized carbons (Fsp3) is 0.857. The van der Waals surface area contributed by atoms with Crippen molar-refractivity contribution in [2.45, 2.75) is 58.9 Å². The maximum Gasteiger partial charge on any atom is 0.223 e. The van der Waals surface area contributed by atoms with Crippen LogP contribution in [-0.2, 0) is 9.59 Å². The summed E-state index contributed by atoms with van der Waals surface area (Å²) in [6.45, 7) is 7.83. The van der Waals surface area contributed by atoms with Gasteiger partial charge in [-0.2, -0.15) is 0 Å². The number of carbonyl (C=O) groups excluding carboxylic acids is 2. The molecule has 20 heavy (non-hydrogen) atoms. The Bertz CT molecular complexity index is 271. The lowest BCUT2D eigenvalue weighted by atomic mass is 10.1. The first-order valence-electron chi connectivity index (χ1n) is 7.36. The summed E-state index contributed by atoms with van der Waals surface area (Å²) in [5, 5.41) is 2.90. The fourth-order valence-corrected chi connectivity index (χ4v) is 1.95. The van der Waals surface area contributed by atoms with Gasteiger partial charge in [-0.25, -0.2) is 0 Å². The van der Waals surface area contributed by atoms with Crippen LogP contribution >= 0.6 is 12.4 Å². The number of rotatable bonds is 10. The second kappa shape index (κ2) is 13.2. The van der Waals surface area contributed by atoms with Crippen LogP contribution in [0.1, 0.15) is 52.9 Å². The summed E-state index contributed by atoms with van der Waals surface area (Å²) >= 11 is 0. The molecule has 0 heterocycles. The molecule has 2 amide bonds. The topological polar surface area (TPSA) is 75.4 Å². The minimum absolute atomic E-state index is 0. The van der Waals surface area contributed by atoms with Crippen molar-refractivity contribution in [1.82, 2.24) is 10.2 Å². The summed E-state index contributed by atoms with van der Waals surface area (Å²) in [6, 6.07) is 0.0380. The van der Waals surface area contributed by atoms with Crippen LogP contribution in [-0.4, -0.2) is 42.4 Å². The largest absolute Gasteiger partial charge is 0.352 e. The van der Waals surface area contributed by atoms with Crippen molar-refractivity contribution < 1.29 is 9.59 Å². The average molecular weight is 308 g/mol. The Morgan fingerprint density at radius 3 is 2.20 bits per heavy atom. The molecule has 0 radical (unpaired) electrons. The Balaban J connectivity index is 0. The molecule has 6 heteroatoms. The Labute approximate surface area is 129 Å². The Hall–Kier alpha value is -0.810. The van der Waals surface area contributed by atoms with Crippen LogP contribution in [0.4, 0.5) is 0 Å². The molecule has 0 aliphatic rings. The highest BCUT2D eigenvalue weighted by Crippen LogP contribution is 2.02. The molecule has 0 bridgehead atoms. The quantitative estimate of drug-likeness (QED) is 0.645. The van der Waals surface area contributed by atoms with Crippen molar-refractivity contribution >= 4 is 24.2 Å². The van der Waals surface area contributed by atoms with E-state index >= 15 is 0 Å². The van der Waals surface area contributed by atoms with Crippen molar-refractivity contribution in [2.24, 2.45) is 5.73 Å². The molecule has 0 aliphatic heterocycles. The molecule has 0 aromatic heterocycles. The highest BCUT2D eigenvalue weighted by atomic mass is 35.5. The lowest BCUT2D eigenvalue weighted by Crippen LogP contribution is -2.40. The van der Waals surface area contributed by atoms with Gasteiger partial charge in [0, 0.05) is 38.5 Å². The number of amides is 2. The van der Waals surface area contributed by atoms with E-state index in [1.807, 2.05) is 13.8 Å². The maximum atomic E-state index is 11.8. The summed E-state index contributed by atoms with van der Waals surface area (Å²) in [5.74, 6) is -0.0370. The van der Waals surface area contributed by atoms with Gasteiger partial charge in [-0.1, -0.05) is 19.8 Å². The Morgan fingerprint density at radius 2 is 1.75 bits per heavy atom. The second-order valence-electron chi connectivity index (χ2n) is 4.71. The predicted octanol–water partition coefficient (Wildman–Crippen LogP) is 1.69. The molecular formula is C14H30ClN3O2. The van der Waals surface area contributed by atoms with E-state index in [9.17, 15) is 9.59 Å². The molecule has 120 valence electrons. The fourth-order valence-electron chi connectivity index (χ4n) is 1.95. The third-order valence-electron chi connectivity index (χ3n) is 3.24. The van der Waals surface area contributed by atoms with Crippen LogP contribution < -0.4 is 11.1 Å². The van der Waals surface area contributed by atoms with E-state index in [1.165, 1.54) is 0 Å². The number of carbonyl (C=O) groups is 2. The molecule has 1 unspecified atom stereocenters. The number of unbranched alkanes of at least 4 members (excludes halogenated alkanes) is 1. The van der Waals surface area contributed by atoms with E-state index in [0.29, 0.717) is 19.6 Å². The summed E-state index contributed by atoms with van der Waals surface area (Å²) in [7, 11) is 0. The zero-order valence-electron chi connectivity index (χ0n) is 13.0. The number of hydrogen-bond acceptors (Lipinski definition) is 3. The third-order valence-corrected chi connectivity index (χ3v) is 3.24. The van der Waals surface area contributed by atoms with Crippen LogP contribution in [0, 0.1) is 0 Å². The number of nitrogens with zero attached hydrogens (tertiary/aromatic N) is 1. The van der Waals surface area contributed by atoms with E-state index in [2.05, 4.69) is 12.2 Å². The van der Waals surface area contributed by atoms with Gasteiger partial charge in [0.2, 0.25) is 11.8 Å². The van der Waals surface area contributed by atoms with Gasteiger partial charge in [0.15, 0.2) is 0 Å². The number of nitrogens with one attached hydrogen (secondary N) is 1. The van der Waals surface area contributed by atoms with Crippen LogP contribution in [0.5, 0.6) is 0 Å². The van der Waals surface area contributed by atoms with Crippen LogP contribution in [0.3, 0.4) is 0 Å². The van der Waals surface area contributed by atoms with Crippen molar-refractivity contribution in [3.8, 4) is 0 Å². The smallest absolute Gasteiger partial charge is 0.223 e. The number of hydrogen-bond donors (Lipinski definition) is 2. The van der Waals surface area contributed by atoms with Gasteiger partial charge >= 0.3 is 0 Å². The number of halogens is 1. The van der Waals surface area contributed by atoms with Crippen LogP contribution in [0.25, 0.3) is 0 Å². The van der Waals surface area contributed by atoms with Gasteiger partial charge in [0.25, 0.3) is 0 Å². The Morgan fingerprint density at radius 1 is 1.15 bits per heavy atom. The van der Waals surface area contributed by atoms with Crippen molar-refractivity contribution in [3.05, 3.63) is 0 Å². The molecule has 0 aliphatic carbocycles.